The average Bonchev–Trinajstić information content (AvgIpc) is 2.06. The number of halogens is 3. The molecule has 0 bridgehead atoms. The van der Waals surface area contributed by atoms with Crippen molar-refractivity contribution >= 4 is 5.71 Å². The molecule has 0 atom stereocenters. The first-order valence-electron chi connectivity index (χ1n) is 5.44. The molecule has 0 aromatic rings. The van der Waals surface area contributed by atoms with Crippen molar-refractivity contribution in [3.63, 3.8) is 0 Å². The van der Waals surface area contributed by atoms with Gasteiger partial charge < -0.3 is 5.32 Å². The van der Waals surface area contributed by atoms with Crippen LogP contribution in [0.5, 0.6) is 0 Å². The lowest BCUT2D eigenvalue weighted by molar-refractivity contribution is -0.0584. The van der Waals surface area contributed by atoms with Gasteiger partial charge in [0.05, 0.1) is 0 Å². The highest BCUT2D eigenvalue weighted by molar-refractivity contribution is 5.97. The fourth-order valence-electron chi connectivity index (χ4n) is 1.40. The third kappa shape index (κ3) is 3.54. The summed E-state index contributed by atoms with van der Waals surface area (Å²) in [5.41, 5.74) is -0.782. The van der Waals surface area contributed by atoms with Crippen LogP contribution in [0, 0.1) is 11.3 Å². The Morgan fingerprint density at radius 3 is 2.25 bits per heavy atom. The number of hydrogen-bond acceptors (Lipinski definition) is 2. The van der Waals surface area contributed by atoms with Gasteiger partial charge in [-0.1, -0.05) is 13.8 Å². The van der Waals surface area contributed by atoms with E-state index >= 15 is 0 Å². The highest BCUT2D eigenvalue weighted by Crippen LogP contribution is 2.23. The number of allylic oxidation sites excluding steroid dienone is 2. The van der Waals surface area contributed by atoms with Crippen molar-refractivity contribution in [2.45, 2.75) is 45.3 Å². The Morgan fingerprint density at radius 1 is 1.38 bits per heavy atom. The fourth-order valence-corrected chi connectivity index (χ4v) is 1.40. The van der Waals surface area contributed by atoms with Gasteiger partial charge in [-0.2, -0.15) is 13.2 Å². The SMILES string of the molecule is CC(C)/C(=C/C(=N)C(F)(F)F)NC1CCC1. The van der Waals surface area contributed by atoms with Crippen LogP contribution < -0.4 is 5.32 Å². The zero-order chi connectivity index (χ0) is 12.3. The molecule has 1 rings (SSSR count). The number of rotatable bonds is 4. The van der Waals surface area contributed by atoms with Crippen molar-refractivity contribution in [1.82, 2.24) is 5.32 Å². The first-order chi connectivity index (χ1) is 7.30. The van der Waals surface area contributed by atoms with E-state index in [4.69, 9.17) is 5.41 Å². The van der Waals surface area contributed by atoms with Crippen molar-refractivity contribution in [2.24, 2.45) is 5.92 Å². The van der Waals surface area contributed by atoms with Gasteiger partial charge in [-0.15, -0.1) is 0 Å². The van der Waals surface area contributed by atoms with Crippen molar-refractivity contribution in [2.75, 3.05) is 0 Å². The second-order valence-corrected chi connectivity index (χ2v) is 4.44. The Kier molecular flexibility index (Phi) is 3.99. The molecular formula is C11H17F3N2. The maximum Gasteiger partial charge on any atom is 0.432 e. The molecule has 0 radical (unpaired) electrons. The molecule has 0 heterocycles. The molecule has 1 aliphatic rings. The number of nitrogens with one attached hydrogen (secondary N) is 2. The molecule has 0 aliphatic heterocycles. The van der Waals surface area contributed by atoms with Gasteiger partial charge in [-0.25, -0.2) is 0 Å². The quantitative estimate of drug-likeness (QED) is 0.720. The van der Waals surface area contributed by atoms with Gasteiger partial charge in [-0.3, -0.25) is 5.41 Å². The van der Waals surface area contributed by atoms with Gasteiger partial charge in [0, 0.05) is 11.7 Å². The lowest BCUT2D eigenvalue weighted by Crippen LogP contribution is -2.36. The van der Waals surface area contributed by atoms with Crippen molar-refractivity contribution in [3.8, 4) is 0 Å². The minimum atomic E-state index is -4.55. The van der Waals surface area contributed by atoms with Gasteiger partial charge in [0.1, 0.15) is 5.71 Å². The first-order valence-corrected chi connectivity index (χ1v) is 5.44. The Morgan fingerprint density at radius 2 is 1.94 bits per heavy atom. The van der Waals surface area contributed by atoms with E-state index in [0.717, 1.165) is 25.3 Å². The summed E-state index contributed by atoms with van der Waals surface area (Å²) < 4.78 is 36.6. The normalized spacial score (nSPS) is 18.5. The summed E-state index contributed by atoms with van der Waals surface area (Å²) in [5.74, 6) is -0.0247. The van der Waals surface area contributed by atoms with E-state index in [1.165, 1.54) is 0 Å². The third-order valence-electron chi connectivity index (χ3n) is 2.70. The summed E-state index contributed by atoms with van der Waals surface area (Å²) in [5, 5.41) is 10.0. The van der Waals surface area contributed by atoms with E-state index in [0.29, 0.717) is 5.70 Å². The van der Waals surface area contributed by atoms with Crippen molar-refractivity contribution in [3.05, 3.63) is 11.8 Å². The molecule has 92 valence electrons. The van der Waals surface area contributed by atoms with E-state index < -0.39 is 11.9 Å². The smallest absolute Gasteiger partial charge is 0.385 e. The highest BCUT2D eigenvalue weighted by Gasteiger charge is 2.33. The third-order valence-corrected chi connectivity index (χ3v) is 2.70. The molecule has 0 aromatic heterocycles. The van der Waals surface area contributed by atoms with E-state index in [1.54, 1.807) is 0 Å². The second-order valence-electron chi connectivity index (χ2n) is 4.44. The van der Waals surface area contributed by atoms with E-state index in [1.807, 2.05) is 13.8 Å². The van der Waals surface area contributed by atoms with Crippen LogP contribution in [0.25, 0.3) is 0 Å². The summed E-state index contributed by atoms with van der Waals surface area (Å²) in [6, 6.07) is 0.287. The molecular weight excluding hydrogens is 217 g/mol. The molecule has 1 aliphatic carbocycles. The summed E-state index contributed by atoms with van der Waals surface area (Å²) >= 11 is 0. The average molecular weight is 234 g/mol. The molecule has 16 heavy (non-hydrogen) atoms. The van der Waals surface area contributed by atoms with Crippen molar-refractivity contribution in [1.29, 1.82) is 5.41 Å². The van der Waals surface area contributed by atoms with Crippen molar-refractivity contribution < 1.29 is 13.2 Å². The molecule has 1 saturated carbocycles. The lowest BCUT2D eigenvalue weighted by Gasteiger charge is -2.30. The second kappa shape index (κ2) is 4.89. The topological polar surface area (TPSA) is 35.9 Å². The molecule has 0 saturated heterocycles. The highest BCUT2D eigenvalue weighted by atomic mass is 19.4. The molecule has 0 amide bonds. The molecule has 0 aromatic carbocycles. The Bertz CT molecular complexity index is 288. The zero-order valence-electron chi connectivity index (χ0n) is 9.49. The van der Waals surface area contributed by atoms with Gasteiger partial charge in [0.2, 0.25) is 0 Å². The van der Waals surface area contributed by atoms with E-state index in [-0.39, 0.29) is 12.0 Å². The van der Waals surface area contributed by atoms with Gasteiger partial charge in [0.15, 0.2) is 0 Å². The van der Waals surface area contributed by atoms with Crippen LogP contribution in [0.2, 0.25) is 0 Å². The van der Waals surface area contributed by atoms with Gasteiger partial charge >= 0.3 is 6.18 Å². The summed E-state index contributed by atoms with van der Waals surface area (Å²) in [6.07, 6.45) is -0.517. The van der Waals surface area contributed by atoms with Crippen LogP contribution in [0.4, 0.5) is 13.2 Å². The Labute approximate surface area is 93.4 Å². The molecule has 0 unspecified atom stereocenters. The monoisotopic (exact) mass is 234 g/mol. The minimum absolute atomic E-state index is 0.0247. The largest absolute Gasteiger partial charge is 0.432 e. The first kappa shape index (κ1) is 13.1. The maximum atomic E-state index is 12.2. The molecule has 1 fully saturated rings. The summed E-state index contributed by atoms with van der Waals surface area (Å²) in [4.78, 5) is 0. The van der Waals surface area contributed by atoms with Gasteiger partial charge in [0.25, 0.3) is 0 Å². The van der Waals surface area contributed by atoms with Crippen LogP contribution in [0.3, 0.4) is 0 Å². The number of alkyl halides is 3. The van der Waals surface area contributed by atoms with Crippen LogP contribution in [0.1, 0.15) is 33.1 Å². The van der Waals surface area contributed by atoms with E-state index in [2.05, 4.69) is 5.32 Å². The van der Waals surface area contributed by atoms with Crippen LogP contribution in [-0.2, 0) is 0 Å². The fraction of sp³-hybridized carbons (Fsp3) is 0.727. The number of hydrogen-bond donors (Lipinski definition) is 2. The molecule has 0 spiro atoms. The minimum Gasteiger partial charge on any atom is -0.385 e. The van der Waals surface area contributed by atoms with Crippen LogP contribution >= 0.6 is 0 Å². The Hall–Kier alpha value is -1.00. The van der Waals surface area contributed by atoms with Gasteiger partial charge in [-0.05, 0) is 31.3 Å². The standard InChI is InChI=1S/C11H17F3N2/c1-7(2)9(16-8-4-3-5-8)6-10(15)11(12,13)14/h6-8,15-16H,3-5H2,1-2H3/b9-6-,15-10?. The zero-order valence-corrected chi connectivity index (χ0v) is 9.49. The molecule has 5 heteroatoms. The van der Waals surface area contributed by atoms with Crippen LogP contribution in [0.15, 0.2) is 11.8 Å². The molecule has 2 N–H and O–H groups in total. The Balaban J connectivity index is 2.68. The lowest BCUT2D eigenvalue weighted by atomic mass is 9.92. The summed E-state index contributed by atoms with van der Waals surface area (Å²) in [6.45, 7) is 3.64. The molecule has 2 nitrogen and oxygen atoms in total. The van der Waals surface area contributed by atoms with Crippen LogP contribution in [-0.4, -0.2) is 17.9 Å². The summed E-state index contributed by atoms with van der Waals surface area (Å²) in [7, 11) is 0. The predicted octanol–water partition coefficient (Wildman–Crippen LogP) is 3.25. The predicted molar refractivity (Wildman–Crippen MR) is 57.5 cm³/mol. The maximum absolute atomic E-state index is 12.2. The van der Waals surface area contributed by atoms with E-state index in [9.17, 15) is 13.2 Å².